The predicted octanol–water partition coefficient (Wildman–Crippen LogP) is 2.97. The van der Waals surface area contributed by atoms with Gasteiger partial charge in [-0.05, 0) is 64.3 Å². The van der Waals surface area contributed by atoms with Crippen molar-refractivity contribution in [3.63, 3.8) is 0 Å². The van der Waals surface area contributed by atoms with Crippen LogP contribution in [0.4, 0.5) is 4.79 Å². The molecule has 1 rings (SSSR count). The Morgan fingerprint density at radius 3 is 2.42 bits per heavy atom. The molecule has 0 saturated heterocycles. The van der Waals surface area contributed by atoms with Gasteiger partial charge in [0.05, 0.1) is 35.9 Å². The van der Waals surface area contributed by atoms with Crippen LogP contribution < -0.4 is 21.8 Å². The van der Waals surface area contributed by atoms with E-state index < -0.39 is 23.3 Å². The molecule has 0 aliphatic rings. The Labute approximate surface area is 224 Å². The summed E-state index contributed by atoms with van der Waals surface area (Å²) in [5.41, 5.74) is 7.94. The maximum atomic E-state index is 12.8. The second-order valence-corrected chi connectivity index (χ2v) is 11.2. The highest BCUT2D eigenvalue weighted by molar-refractivity contribution is 7.08. The van der Waals surface area contributed by atoms with Crippen molar-refractivity contribution in [1.82, 2.24) is 15.6 Å². The third-order valence-corrected chi connectivity index (χ3v) is 6.88. The van der Waals surface area contributed by atoms with Crippen molar-refractivity contribution in [2.75, 3.05) is 19.5 Å². The fourth-order valence-electron chi connectivity index (χ4n) is 3.42. The van der Waals surface area contributed by atoms with Crippen molar-refractivity contribution in [1.29, 1.82) is 0 Å². The lowest BCUT2D eigenvalue weighted by molar-refractivity contribution is -0.774. The summed E-state index contributed by atoms with van der Waals surface area (Å²) in [7, 11) is 1.82. The molecule has 0 fully saturated rings. The first-order chi connectivity index (χ1) is 16.7. The van der Waals surface area contributed by atoms with Crippen molar-refractivity contribution in [3.8, 4) is 0 Å². The van der Waals surface area contributed by atoms with Crippen LogP contribution >= 0.6 is 22.9 Å². The van der Waals surface area contributed by atoms with Crippen LogP contribution in [0.15, 0.2) is 28.7 Å². The zero-order valence-electron chi connectivity index (χ0n) is 22.5. The molecule has 0 bridgehead atoms. The number of amides is 2. The maximum Gasteiger partial charge on any atom is 0.407 e. The van der Waals surface area contributed by atoms with E-state index in [0.29, 0.717) is 37.1 Å². The highest BCUT2D eigenvalue weighted by atomic mass is 35.5. The molecule has 2 atom stereocenters. The molecule has 0 unspecified atom stereocenters. The summed E-state index contributed by atoms with van der Waals surface area (Å²) in [6, 6.07) is 1.25. The van der Waals surface area contributed by atoms with Gasteiger partial charge in [0.1, 0.15) is 11.6 Å². The predicted molar refractivity (Wildman–Crippen MR) is 145 cm³/mol. The molecule has 6 N–H and O–H groups in total. The van der Waals surface area contributed by atoms with Crippen molar-refractivity contribution in [2.45, 2.75) is 78.0 Å². The van der Waals surface area contributed by atoms with Crippen LogP contribution in [0.3, 0.4) is 0 Å². The van der Waals surface area contributed by atoms with Crippen LogP contribution in [-0.4, -0.2) is 59.4 Å². The molecule has 0 aliphatic carbocycles. The molecule has 0 aliphatic heterocycles. The van der Waals surface area contributed by atoms with Crippen LogP contribution in [0.1, 0.15) is 71.2 Å². The van der Waals surface area contributed by atoms with E-state index >= 15 is 0 Å². The SMILES string of the molecule is C[NH2+]N(/C=C(\N)[C@@](C)(NC(=O)c1ccsc1)C(C)C)[C@@H](CCCCNC(=O)OC(C)(C)C)C(=O)CCl. The van der Waals surface area contributed by atoms with Gasteiger partial charge in [-0.2, -0.15) is 11.3 Å². The van der Waals surface area contributed by atoms with E-state index in [4.69, 9.17) is 22.1 Å². The smallest absolute Gasteiger partial charge is 0.407 e. The molecule has 0 radical (unpaired) electrons. The normalized spacial score (nSPS) is 14.6. The molecule has 2 amide bonds. The topological polar surface area (TPSA) is 130 Å². The first kappa shape index (κ1) is 31.7. The van der Waals surface area contributed by atoms with Crippen LogP contribution in [0, 0.1) is 5.92 Å². The van der Waals surface area contributed by atoms with Crippen LogP contribution in [-0.2, 0) is 9.53 Å². The third kappa shape index (κ3) is 9.99. The molecule has 0 spiro atoms. The number of carbonyl (C=O) groups excluding carboxylic acids is 3. The summed E-state index contributed by atoms with van der Waals surface area (Å²) in [6.07, 6.45) is 3.12. The molecule has 11 heteroatoms. The standard InChI is InChI=1S/C25H42ClN5O4S/c1-17(2)25(6,30-22(33)18-11-13-36-16-18)21(27)15-31(28-7)19(20(32)14-26)10-8-9-12-29-23(34)35-24(3,4)5/h11,13,15-17,19,28H,8-10,12,14,27H2,1-7H3,(H,29,34)(H,30,33)/p+1/b21-15-/t19-,25-/m0/s1. The fraction of sp³-hybridized carbons (Fsp3) is 0.640. The molecule has 1 aromatic heterocycles. The van der Waals surface area contributed by atoms with E-state index in [-0.39, 0.29) is 23.5 Å². The zero-order valence-corrected chi connectivity index (χ0v) is 24.1. The number of hydrogen-bond acceptors (Lipinski definition) is 7. The summed E-state index contributed by atoms with van der Waals surface area (Å²) in [4.78, 5) is 37.3. The Bertz CT molecular complexity index is 886. The number of nitrogens with zero attached hydrogens (tertiary/aromatic N) is 1. The van der Waals surface area contributed by atoms with Crippen LogP contribution in [0.2, 0.25) is 0 Å². The van der Waals surface area contributed by atoms with E-state index in [1.807, 2.05) is 54.0 Å². The second kappa shape index (κ2) is 14.4. The first-order valence-corrected chi connectivity index (χ1v) is 13.7. The van der Waals surface area contributed by atoms with Gasteiger partial charge >= 0.3 is 6.09 Å². The minimum absolute atomic E-state index is 0.0175. The van der Waals surface area contributed by atoms with Gasteiger partial charge in [-0.3, -0.25) is 9.59 Å². The van der Waals surface area contributed by atoms with Gasteiger partial charge in [0, 0.05) is 11.9 Å². The number of unbranched alkanes of at least 4 members (excludes halogenated alkanes) is 1. The fourth-order valence-corrected chi connectivity index (χ4v) is 4.24. The van der Waals surface area contributed by atoms with Gasteiger partial charge in [-0.1, -0.05) is 13.8 Å². The molecule has 204 valence electrons. The molecule has 0 saturated carbocycles. The number of ether oxygens (including phenoxy) is 1. The Hall–Kier alpha value is -2.30. The van der Waals surface area contributed by atoms with E-state index in [2.05, 4.69) is 10.6 Å². The lowest BCUT2D eigenvalue weighted by Crippen LogP contribution is -2.91. The highest BCUT2D eigenvalue weighted by Crippen LogP contribution is 2.24. The molecular weight excluding hydrogens is 502 g/mol. The molecular formula is C25H43ClN5O4S+. The third-order valence-electron chi connectivity index (χ3n) is 5.93. The largest absolute Gasteiger partial charge is 0.444 e. The van der Waals surface area contributed by atoms with E-state index in [1.165, 1.54) is 11.3 Å². The minimum Gasteiger partial charge on any atom is -0.444 e. The minimum atomic E-state index is -0.841. The van der Waals surface area contributed by atoms with Gasteiger partial charge < -0.3 is 21.1 Å². The number of quaternary nitrogens is 1. The molecule has 1 heterocycles. The number of nitrogens with one attached hydrogen (secondary N) is 2. The summed E-state index contributed by atoms with van der Waals surface area (Å²) < 4.78 is 5.24. The van der Waals surface area contributed by atoms with Gasteiger partial charge in [-0.15, -0.1) is 11.6 Å². The summed E-state index contributed by atoms with van der Waals surface area (Å²) >= 11 is 7.37. The second-order valence-electron chi connectivity index (χ2n) is 10.2. The Balaban J connectivity index is 2.92. The van der Waals surface area contributed by atoms with Gasteiger partial charge in [0.15, 0.2) is 5.78 Å². The lowest BCUT2D eigenvalue weighted by Gasteiger charge is -2.36. The number of rotatable bonds is 14. The Kier molecular flexibility index (Phi) is 12.7. The Morgan fingerprint density at radius 1 is 1.25 bits per heavy atom. The summed E-state index contributed by atoms with van der Waals surface area (Å²) in [6.45, 7) is 11.7. The molecule has 1 aromatic rings. The van der Waals surface area contributed by atoms with E-state index in [0.717, 1.165) is 0 Å². The number of thiophene rings is 1. The monoisotopic (exact) mass is 544 g/mol. The summed E-state index contributed by atoms with van der Waals surface area (Å²) in [5, 5.41) is 11.2. The van der Waals surface area contributed by atoms with E-state index in [1.54, 1.807) is 28.1 Å². The number of Topliss-reactive ketones (excluding diaryl/α,β-unsaturated/α-hetero) is 1. The number of alkyl carbamates (subject to hydrolysis) is 1. The molecule has 0 aromatic carbocycles. The van der Waals surface area contributed by atoms with Crippen LogP contribution in [0.5, 0.6) is 0 Å². The zero-order chi connectivity index (χ0) is 27.5. The number of nitrogens with two attached hydrogens (primary N) is 2. The van der Waals surface area contributed by atoms with Gasteiger partial charge in [0.2, 0.25) is 0 Å². The number of hydrogen-bond donors (Lipinski definition) is 4. The van der Waals surface area contributed by atoms with Crippen molar-refractivity contribution in [3.05, 3.63) is 34.3 Å². The van der Waals surface area contributed by atoms with E-state index in [9.17, 15) is 14.4 Å². The van der Waals surface area contributed by atoms with Gasteiger partial charge in [-0.25, -0.2) is 15.2 Å². The number of ketones is 1. The van der Waals surface area contributed by atoms with Crippen molar-refractivity contribution >= 4 is 40.7 Å². The molecule has 36 heavy (non-hydrogen) atoms. The quantitative estimate of drug-likeness (QED) is 0.123. The number of halogens is 1. The average molecular weight is 545 g/mol. The van der Waals surface area contributed by atoms with Gasteiger partial charge in [0.25, 0.3) is 5.91 Å². The van der Waals surface area contributed by atoms with Crippen molar-refractivity contribution in [2.24, 2.45) is 11.7 Å². The highest BCUT2D eigenvalue weighted by Gasteiger charge is 2.35. The molecule has 9 nitrogen and oxygen atoms in total. The number of alkyl halides is 1. The van der Waals surface area contributed by atoms with Crippen LogP contribution in [0.25, 0.3) is 0 Å². The van der Waals surface area contributed by atoms with Crippen molar-refractivity contribution < 1.29 is 24.5 Å². The number of carbonyl (C=O) groups is 3. The average Bonchev–Trinajstić information content (AvgIpc) is 3.33. The Morgan fingerprint density at radius 2 is 1.92 bits per heavy atom. The summed E-state index contributed by atoms with van der Waals surface area (Å²) in [5.74, 6) is -0.486. The maximum absolute atomic E-state index is 12.8. The lowest BCUT2D eigenvalue weighted by atomic mass is 9.85. The first-order valence-electron chi connectivity index (χ1n) is 12.2.